The fourth-order valence-electron chi connectivity index (χ4n) is 1.11. The lowest BCUT2D eigenvalue weighted by molar-refractivity contribution is 0.342. The van der Waals surface area contributed by atoms with Gasteiger partial charge in [0.2, 0.25) is 0 Å². The van der Waals surface area contributed by atoms with Crippen LogP contribution in [-0.4, -0.2) is 13.3 Å². The highest BCUT2D eigenvalue weighted by molar-refractivity contribution is 5.54. The molecule has 0 radical (unpaired) electrons. The molecule has 0 fully saturated rings. The number of anilines is 1. The molecule has 1 rings (SSSR count). The number of aliphatic imine (C=N–C) groups is 1. The summed E-state index contributed by atoms with van der Waals surface area (Å²) in [5.74, 6) is 0.732. The van der Waals surface area contributed by atoms with E-state index < -0.39 is 0 Å². The molecule has 0 saturated heterocycles. The highest BCUT2D eigenvalue weighted by Gasteiger charge is 1.99. The van der Waals surface area contributed by atoms with Crippen molar-refractivity contribution < 1.29 is 4.74 Å². The predicted molar refractivity (Wildman–Crippen MR) is 55.3 cm³/mol. The lowest BCUT2D eigenvalue weighted by Crippen LogP contribution is -1.97. The molecule has 3 nitrogen and oxygen atoms in total. The van der Waals surface area contributed by atoms with Gasteiger partial charge in [-0.25, -0.2) is 0 Å². The van der Waals surface area contributed by atoms with Crippen molar-refractivity contribution in [3.05, 3.63) is 23.8 Å². The van der Waals surface area contributed by atoms with E-state index in [0.29, 0.717) is 18.8 Å². The first-order chi connectivity index (χ1) is 6.27. The number of nitrogen functional groups attached to an aromatic ring is 1. The number of benzene rings is 1. The van der Waals surface area contributed by atoms with Crippen molar-refractivity contribution in [1.29, 1.82) is 0 Å². The average molecular weight is 178 g/mol. The molecule has 0 heterocycles. The second-order valence-electron chi connectivity index (χ2n) is 2.69. The number of hydrogen-bond donors (Lipinski definition) is 1. The first-order valence-corrected chi connectivity index (χ1v) is 4.21. The van der Waals surface area contributed by atoms with E-state index in [4.69, 9.17) is 10.5 Å². The van der Waals surface area contributed by atoms with Gasteiger partial charge in [0, 0.05) is 0 Å². The summed E-state index contributed by atoms with van der Waals surface area (Å²) in [7, 11) is 0. The fourth-order valence-corrected chi connectivity index (χ4v) is 1.11. The van der Waals surface area contributed by atoms with Crippen LogP contribution in [0, 0.1) is 0 Å². The Labute approximate surface area is 78.2 Å². The van der Waals surface area contributed by atoms with Crippen LogP contribution >= 0.6 is 0 Å². The van der Waals surface area contributed by atoms with E-state index >= 15 is 0 Å². The Hall–Kier alpha value is -1.51. The Morgan fingerprint density at radius 1 is 1.54 bits per heavy atom. The predicted octanol–water partition coefficient (Wildman–Crippen LogP) is 1.87. The standard InChI is InChI=1S/C10H14N2O/c1-3-13-10-5-4-8(7-12-2)6-9(10)11/h4-6H,2-3,7,11H2,1H3. The SMILES string of the molecule is C=NCc1ccc(OCC)c(N)c1. The van der Waals surface area contributed by atoms with Gasteiger partial charge in [0.25, 0.3) is 0 Å². The molecule has 0 atom stereocenters. The second kappa shape index (κ2) is 4.50. The molecule has 3 heteroatoms. The highest BCUT2D eigenvalue weighted by atomic mass is 16.5. The van der Waals surface area contributed by atoms with Gasteiger partial charge in [0.05, 0.1) is 18.8 Å². The highest BCUT2D eigenvalue weighted by Crippen LogP contribution is 2.22. The summed E-state index contributed by atoms with van der Waals surface area (Å²) in [4.78, 5) is 3.78. The smallest absolute Gasteiger partial charge is 0.142 e. The van der Waals surface area contributed by atoms with Gasteiger partial charge in [-0.1, -0.05) is 6.07 Å². The molecule has 0 bridgehead atoms. The molecule has 0 aromatic heterocycles. The number of ether oxygens (including phenoxy) is 1. The van der Waals surface area contributed by atoms with E-state index in [0.717, 1.165) is 11.3 Å². The Morgan fingerprint density at radius 3 is 2.85 bits per heavy atom. The monoisotopic (exact) mass is 178 g/mol. The lowest BCUT2D eigenvalue weighted by atomic mass is 10.2. The van der Waals surface area contributed by atoms with Gasteiger partial charge in [-0.05, 0) is 31.3 Å². The normalized spacial score (nSPS) is 9.62. The van der Waals surface area contributed by atoms with E-state index in [1.165, 1.54) is 0 Å². The third kappa shape index (κ3) is 2.47. The third-order valence-corrected chi connectivity index (χ3v) is 1.67. The van der Waals surface area contributed by atoms with E-state index in [9.17, 15) is 0 Å². The van der Waals surface area contributed by atoms with Crippen LogP contribution in [0.5, 0.6) is 5.75 Å². The van der Waals surface area contributed by atoms with Gasteiger partial charge in [0.1, 0.15) is 5.75 Å². The zero-order valence-corrected chi connectivity index (χ0v) is 7.79. The lowest BCUT2D eigenvalue weighted by Gasteiger charge is -2.07. The summed E-state index contributed by atoms with van der Waals surface area (Å²) in [6, 6.07) is 5.66. The van der Waals surface area contributed by atoms with E-state index in [2.05, 4.69) is 11.7 Å². The van der Waals surface area contributed by atoms with E-state index in [-0.39, 0.29) is 0 Å². The van der Waals surface area contributed by atoms with Gasteiger partial charge in [-0.2, -0.15) is 0 Å². The topological polar surface area (TPSA) is 47.6 Å². The molecule has 0 aliphatic carbocycles. The third-order valence-electron chi connectivity index (χ3n) is 1.67. The molecule has 70 valence electrons. The maximum Gasteiger partial charge on any atom is 0.142 e. The molecule has 1 aromatic rings. The molecular weight excluding hydrogens is 164 g/mol. The average Bonchev–Trinajstić information content (AvgIpc) is 2.10. The summed E-state index contributed by atoms with van der Waals surface area (Å²) < 4.78 is 5.30. The maximum absolute atomic E-state index is 5.75. The largest absolute Gasteiger partial charge is 0.492 e. The number of nitrogens with zero attached hydrogens (tertiary/aromatic N) is 1. The molecule has 0 saturated carbocycles. The second-order valence-corrected chi connectivity index (χ2v) is 2.69. The van der Waals surface area contributed by atoms with Crippen LogP contribution in [0.2, 0.25) is 0 Å². The molecule has 0 aliphatic heterocycles. The number of hydrogen-bond acceptors (Lipinski definition) is 3. The Balaban J connectivity index is 2.84. The minimum Gasteiger partial charge on any atom is -0.492 e. The van der Waals surface area contributed by atoms with Crippen molar-refractivity contribution in [3.63, 3.8) is 0 Å². The summed E-state index contributed by atoms with van der Waals surface area (Å²) in [6.07, 6.45) is 0. The van der Waals surface area contributed by atoms with E-state index in [1.54, 1.807) is 0 Å². The first kappa shape index (κ1) is 9.58. The Morgan fingerprint density at radius 2 is 2.31 bits per heavy atom. The molecule has 2 N–H and O–H groups in total. The van der Waals surface area contributed by atoms with Gasteiger partial charge in [0.15, 0.2) is 0 Å². The van der Waals surface area contributed by atoms with Crippen LogP contribution in [0.1, 0.15) is 12.5 Å². The van der Waals surface area contributed by atoms with Crippen molar-refractivity contribution in [2.75, 3.05) is 12.3 Å². The molecular formula is C10H14N2O. The molecule has 0 aliphatic rings. The van der Waals surface area contributed by atoms with Gasteiger partial charge in [-0.3, -0.25) is 4.99 Å². The van der Waals surface area contributed by atoms with Crippen molar-refractivity contribution >= 4 is 12.4 Å². The Kier molecular flexibility index (Phi) is 3.31. The van der Waals surface area contributed by atoms with Crippen LogP contribution < -0.4 is 10.5 Å². The maximum atomic E-state index is 5.75. The molecule has 0 spiro atoms. The zero-order valence-electron chi connectivity index (χ0n) is 7.79. The molecule has 0 unspecified atom stereocenters. The summed E-state index contributed by atoms with van der Waals surface area (Å²) in [5, 5.41) is 0. The minimum atomic E-state index is 0.594. The van der Waals surface area contributed by atoms with Crippen LogP contribution in [0.15, 0.2) is 23.2 Å². The fraction of sp³-hybridized carbons (Fsp3) is 0.300. The number of rotatable bonds is 4. The first-order valence-electron chi connectivity index (χ1n) is 4.21. The summed E-state index contributed by atoms with van der Waals surface area (Å²) in [5.41, 5.74) is 7.46. The molecule has 0 amide bonds. The van der Waals surface area contributed by atoms with Crippen LogP contribution in [0.4, 0.5) is 5.69 Å². The minimum absolute atomic E-state index is 0.594. The van der Waals surface area contributed by atoms with Crippen LogP contribution in [-0.2, 0) is 6.54 Å². The molecule has 13 heavy (non-hydrogen) atoms. The quantitative estimate of drug-likeness (QED) is 0.565. The summed E-state index contributed by atoms with van der Waals surface area (Å²) >= 11 is 0. The van der Waals surface area contributed by atoms with Crippen LogP contribution in [0.25, 0.3) is 0 Å². The van der Waals surface area contributed by atoms with E-state index in [1.807, 2.05) is 25.1 Å². The summed E-state index contributed by atoms with van der Waals surface area (Å²) in [6.45, 7) is 6.57. The Bertz CT molecular complexity index is 297. The van der Waals surface area contributed by atoms with Crippen molar-refractivity contribution in [2.24, 2.45) is 4.99 Å². The van der Waals surface area contributed by atoms with Crippen molar-refractivity contribution in [1.82, 2.24) is 0 Å². The van der Waals surface area contributed by atoms with Crippen molar-refractivity contribution in [3.8, 4) is 5.75 Å². The number of nitrogens with two attached hydrogens (primary N) is 1. The van der Waals surface area contributed by atoms with Crippen molar-refractivity contribution in [2.45, 2.75) is 13.5 Å². The van der Waals surface area contributed by atoms with Gasteiger partial charge < -0.3 is 10.5 Å². The molecule has 1 aromatic carbocycles. The zero-order chi connectivity index (χ0) is 9.68. The van der Waals surface area contributed by atoms with Gasteiger partial charge in [-0.15, -0.1) is 0 Å². The van der Waals surface area contributed by atoms with Crippen LogP contribution in [0.3, 0.4) is 0 Å². The van der Waals surface area contributed by atoms with Gasteiger partial charge >= 0.3 is 0 Å².